The van der Waals surface area contributed by atoms with Crippen molar-refractivity contribution in [2.75, 3.05) is 39.5 Å². The fourth-order valence-corrected chi connectivity index (χ4v) is 3.45. The molecule has 1 heterocycles. The van der Waals surface area contributed by atoms with Crippen molar-refractivity contribution in [3.63, 3.8) is 0 Å². The van der Waals surface area contributed by atoms with Gasteiger partial charge in [0.05, 0.1) is 6.10 Å². The number of hydrogen-bond acceptors (Lipinski definition) is 3. The highest BCUT2D eigenvalue weighted by Crippen LogP contribution is 2.34. The third-order valence-electron chi connectivity index (χ3n) is 4.93. The Morgan fingerprint density at radius 1 is 1.19 bits per heavy atom. The van der Waals surface area contributed by atoms with Gasteiger partial charge in [0.2, 0.25) is 0 Å². The maximum absolute atomic E-state index is 6.07. The van der Waals surface area contributed by atoms with Gasteiger partial charge in [-0.3, -0.25) is 4.99 Å². The second-order valence-corrected chi connectivity index (χ2v) is 8.58. The van der Waals surface area contributed by atoms with Crippen molar-refractivity contribution >= 4 is 29.9 Å². The van der Waals surface area contributed by atoms with Gasteiger partial charge in [-0.2, -0.15) is 0 Å². The second-order valence-electron chi connectivity index (χ2n) is 8.58. The van der Waals surface area contributed by atoms with Gasteiger partial charge in [-0.15, -0.1) is 24.0 Å². The fourth-order valence-electron chi connectivity index (χ4n) is 3.45. The van der Waals surface area contributed by atoms with E-state index in [0.29, 0.717) is 12.0 Å². The van der Waals surface area contributed by atoms with E-state index in [1.54, 1.807) is 0 Å². The Kier molecular flexibility index (Phi) is 11.4. The molecule has 1 aliphatic carbocycles. The van der Waals surface area contributed by atoms with Crippen LogP contribution >= 0.6 is 24.0 Å². The first-order chi connectivity index (χ1) is 12.0. The number of guanidine groups is 1. The van der Waals surface area contributed by atoms with Crippen molar-refractivity contribution in [1.82, 2.24) is 10.6 Å². The van der Waals surface area contributed by atoms with Crippen LogP contribution in [0.25, 0.3) is 0 Å². The molecule has 0 spiro atoms. The summed E-state index contributed by atoms with van der Waals surface area (Å²) in [5.74, 6) is 2.27. The maximum atomic E-state index is 6.07. The molecule has 2 N–H and O–H groups in total. The van der Waals surface area contributed by atoms with Gasteiger partial charge in [-0.05, 0) is 50.4 Å². The highest BCUT2D eigenvalue weighted by Gasteiger charge is 2.35. The highest BCUT2D eigenvalue weighted by atomic mass is 127. The van der Waals surface area contributed by atoms with Crippen molar-refractivity contribution < 1.29 is 9.47 Å². The number of hydrogen-bond donors (Lipinski definition) is 2. The summed E-state index contributed by atoms with van der Waals surface area (Å²) in [7, 11) is 0. The number of ether oxygens (including phenoxy) is 2. The molecule has 26 heavy (non-hydrogen) atoms. The molecule has 6 heteroatoms. The number of nitrogens with zero attached hydrogens (tertiary/aromatic N) is 1. The van der Waals surface area contributed by atoms with Crippen LogP contribution in [-0.2, 0) is 9.47 Å². The van der Waals surface area contributed by atoms with Crippen LogP contribution in [0.15, 0.2) is 4.99 Å². The van der Waals surface area contributed by atoms with Crippen molar-refractivity contribution in [1.29, 1.82) is 0 Å². The highest BCUT2D eigenvalue weighted by molar-refractivity contribution is 14.0. The largest absolute Gasteiger partial charge is 0.381 e. The fraction of sp³-hybridized carbons (Fsp3) is 0.950. The molecule has 154 valence electrons. The lowest BCUT2D eigenvalue weighted by Crippen LogP contribution is -2.43. The molecule has 0 bridgehead atoms. The average molecular weight is 481 g/mol. The molecule has 2 aliphatic rings. The molecule has 2 fully saturated rings. The first kappa shape index (κ1) is 24.0. The maximum Gasteiger partial charge on any atom is 0.191 e. The summed E-state index contributed by atoms with van der Waals surface area (Å²) < 4.78 is 11.8. The predicted octanol–water partition coefficient (Wildman–Crippen LogP) is 3.82. The summed E-state index contributed by atoms with van der Waals surface area (Å²) in [6.45, 7) is 14.2. The quantitative estimate of drug-likeness (QED) is 0.228. The molecular weight excluding hydrogens is 441 g/mol. The third-order valence-corrected chi connectivity index (χ3v) is 4.93. The summed E-state index contributed by atoms with van der Waals surface area (Å²) in [5.41, 5.74) is 0.172. The zero-order valence-corrected chi connectivity index (χ0v) is 19.5. The summed E-state index contributed by atoms with van der Waals surface area (Å²) in [6.07, 6.45) is 6.39. The molecule has 2 rings (SSSR count). The molecule has 0 aromatic rings. The van der Waals surface area contributed by atoms with E-state index >= 15 is 0 Å². The summed E-state index contributed by atoms with van der Waals surface area (Å²) >= 11 is 0. The second kappa shape index (κ2) is 12.4. The molecule has 0 aromatic carbocycles. The normalized spacial score (nSPS) is 24.1. The topological polar surface area (TPSA) is 54.9 Å². The van der Waals surface area contributed by atoms with E-state index in [2.05, 4.69) is 38.3 Å². The third kappa shape index (κ3) is 9.22. The van der Waals surface area contributed by atoms with E-state index in [4.69, 9.17) is 14.5 Å². The van der Waals surface area contributed by atoms with Gasteiger partial charge in [0.25, 0.3) is 0 Å². The van der Waals surface area contributed by atoms with E-state index in [1.807, 2.05) is 0 Å². The Hall–Kier alpha value is -0.0800. The van der Waals surface area contributed by atoms with Crippen molar-refractivity contribution in [3.05, 3.63) is 0 Å². The van der Waals surface area contributed by atoms with Gasteiger partial charge in [0.15, 0.2) is 5.96 Å². The number of rotatable bonds is 9. The molecular formula is C20H40IN3O2. The van der Waals surface area contributed by atoms with Gasteiger partial charge in [-0.1, -0.05) is 20.8 Å². The smallest absolute Gasteiger partial charge is 0.191 e. The molecule has 0 amide bonds. The van der Waals surface area contributed by atoms with Crippen LogP contribution in [0.2, 0.25) is 0 Å². The molecule has 1 saturated carbocycles. The lowest BCUT2D eigenvalue weighted by Gasteiger charge is -2.39. The first-order valence-electron chi connectivity index (χ1n) is 10.2. The zero-order chi connectivity index (χ0) is 18.1. The van der Waals surface area contributed by atoms with E-state index in [0.717, 1.165) is 64.2 Å². The summed E-state index contributed by atoms with van der Waals surface area (Å²) in [6, 6.07) is 0. The predicted molar refractivity (Wildman–Crippen MR) is 119 cm³/mol. The SMILES string of the molecule is CCNC(=NCC1CCCOC1C(C)(C)C)NCCCOCC1CC1.I. The molecule has 5 nitrogen and oxygen atoms in total. The lowest BCUT2D eigenvalue weighted by atomic mass is 9.78. The van der Waals surface area contributed by atoms with Crippen molar-refractivity contribution in [2.45, 2.75) is 65.9 Å². The monoisotopic (exact) mass is 481 g/mol. The lowest BCUT2D eigenvalue weighted by molar-refractivity contribution is -0.0823. The molecule has 0 aromatic heterocycles. The van der Waals surface area contributed by atoms with Crippen molar-refractivity contribution in [2.24, 2.45) is 22.2 Å². The molecule has 1 aliphatic heterocycles. The van der Waals surface area contributed by atoms with Crippen molar-refractivity contribution in [3.8, 4) is 0 Å². The Morgan fingerprint density at radius 3 is 2.62 bits per heavy atom. The van der Waals surface area contributed by atoms with Gasteiger partial charge in [0, 0.05) is 45.4 Å². The zero-order valence-electron chi connectivity index (χ0n) is 17.2. The van der Waals surface area contributed by atoms with Crippen LogP contribution in [0, 0.1) is 17.3 Å². The van der Waals surface area contributed by atoms with Crippen LogP contribution in [0.1, 0.15) is 59.8 Å². The van der Waals surface area contributed by atoms with E-state index in [9.17, 15) is 0 Å². The Balaban J connectivity index is 0.00000338. The summed E-state index contributed by atoms with van der Waals surface area (Å²) in [5, 5.41) is 6.79. The van der Waals surface area contributed by atoms with Crippen LogP contribution in [-0.4, -0.2) is 51.5 Å². The number of aliphatic imine (C=N–C) groups is 1. The number of nitrogens with one attached hydrogen (secondary N) is 2. The minimum atomic E-state index is 0. The summed E-state index contributed by atoms with van der Waals surface area (Å²) in [4.78, 5) is 4.83. The standard InChI is InChI=1S/C20H39N3O2.HI/c1-5-21-19(22-11-7-12-24-15-16-9-10-16)23-14-17-8-6-13-25-18(17)20(2,3)4;/h16-18H,5-15H2,1-4H3,(H2,21,22,23);1H. The first-order valence-corrected chi connectivity index (χ1v) is 10.2. The van der Waals surface area contributed by atoms with Gasteiger partial charge >= 0.3 is 0 Å². The molecule has 2 atom stereocenters. The molecule has 0 radical (unpaired) electrons. The van der Waals surface area contributed by atoms with Crippen LogP contribution in [0.4, 0.5) is 0 Å². The van der Waals surface area contributed by atoms with Crippen LogP contribution < -0.4 is 10.6 Å². The van der Waals surface area contributed by atoms with Gasteiger partial charge < -0.3 is 20.1 Å². The minimum absolute atomic E-state index is 0. The minimum Gasteiger partial charge on any atom is -0.381 e. The number of halogens is 1. The van der Waals surface area contributed by atoms with Gasteiger partial charge in [-0.25, -0.2) is 0 Å². The van der Waals surface area contributed by atoms with E-state index in [1.165, 1.54) is 19.3 Å². The van der Waals surface area contributed by atoms with E-state index in [-0.39, 0.29) is 29.4 Å². The Morgan fingerprint density at radius 2 is 1.96 bits per heavy atom. The van der Waals surface area contributed by atoms with Crippen LogP contribution in [0.3, 0.4) is 0 Å². The molecule has 2 unspecified atom stereocenters. The van der Waals surface area contributed by atoms with E-state index < -0.39 is 0 Å². The van der Waals surface area contributed by atoms with Crippen LogP contribution in [0.5, 0.6) is 0 Å². The molecule has 1 saturated heterocycles. The average Bonchev–Trinajstić information content (AvgIpc) is 3.39. The Labute approximate surface area is 177 Å². The van der Waals surface area contributed by atoms with Gasteiger partial charge in [0.1, 0.15) is 0 Å². The Bertz CT molecular complexity index is 408.